The maximum Gasteiger partial charge on any atom is 0.149 e. The molecule has 4 nitrogen and oxygen atoms in total. The third-order valence-electron chi connectivity index (χ3n) is 5.33. The van der Waals surface area contributed by atoms with Crippen molar-refractivity contribution in [3.8, 4) is 6.07 Å². The summed E-state index contributed by atoms with van der Waals surface area (Å²) in [6, 6.07) is 27.1. The van der Waals surface area contributed by atoms with Crippen molar-refractivity contribution in [2.45, 2.75) is 13.5 Å². The van der Waals surface area contributed by atoms with Crippen LogP contribution in [-0.2, 0) is 6.54 Å². The van der Waals surface area contributed by atoms with Crippen LogP contribution in [0, 0.1) is 18.3 Å². The lowest BCUT2D eigenvalue weighted by Crippen LogP contribution is -1.97. The van der Waals surface area contributed by atoms with E-state index in [4.69, 9.17) is 0 Å². The van der Waals surface area contributed by atoms with E-state index < -0.39 is 0 Å². The molecule has 0 spiro atoms. The predicted molar refractivity (Wildman–Crippen MR) is 122 cm³/mol. The van der Waals surface area contributed by atoms with Gasteiger partial charge in [0, 0.05) is 29.2 Å². The van der Waals surface area contributed by atoms with Crippen molar-refractivity contribution in [1.82, 2.24) is 14.5 Å². The molecule has 2 heterocycles. The fraction of sp³-hybridized carbons (Fsp3) is 0.0769. The van der Waals surface area contributed by atoms with Crippen LogP contribution in [0.1, 0.15) is 22.5 Å². The summed E-state index contributed by atoms with van der Waals surface area (Å²) in [7, 11) is 0. The normalized spacial score (nSPS) is 11.8. The Morgan fingerprint density at radius 2 is 1.87 bits per heavy atom. The average molecular weight is 388 g/mol. The molecule has 0 radical (unpaired) electrons. The minimum atomic E-state index is 0.520. The molecule has 5 aromatic rings. The van der Waals surface area contributed by atoms with E-state index in [1.54, 1.807) is 0 Å². The summed E-state index contributed by atoms with van der Waals surface area (Å²) < 4.78 is 2.23. The first-order valence-corrected chi connectivity index (χ1v) is 9.91. The number of hydrogen-bond acceptors (Lipinski definition) is 2. The van der Waals surface area contributed by atoms with Crippen molar-refractivity contribution in [3.63, 3.8) is 0 Å². The van der Waals surface area contributed by atoms with E-state index in [9.17, 15) is 5.26 Å². The number of imidazole rings is 1. The summed E-state index contributed by atoms with van der Waals surface area (Å²) in [5.41, 5.74) is 6.87. The molecule has 0 unspecified atom stereocenters. The number of nitriles is 1. The molecule has 30 heavy (non-hydrogen) atoms. The minimum Gasteiger partial charge on any atom is -0.342 e. The van der Waals surface area contributed by atoms with Crippen molar-refractivity contribution < 1.29 is 0 Å². The largest absolute Gasteiger partial charge is 0.342 e. The average Bonchev–Trinajstić information content (AvgIpc) is 3.34. The lowest BCUT2D eigenvalue weighted by atomic mass is 10.1. The van der Waals surface area contributed by atoms with Gasteiger partial charge in [0.2, 0.25) is 0 Å². The zero-order valence-corrected chi connectivity index (χ0v) is 16.6. The molecule has 0 fully saturated rings. The standard InChI is InChI=1S/C26H20N4/c1-18-11-12-23-24(13-18)29-26(28-23)20(15-27)14-21-17-30(16-19-7-3-2-4-8-19)25-10-6-5-9-22(21)25/h2-14,17H,16H2,1H3,(H,28,29)/b20-14+. The second kappa shape index (κ2) is 7.38. The van der Waals surface area contributed by atoms with Gasteiger partial charge in [0.15, 0.2) is 0 Å². The minimum absolute atomic E-state index is 0.520. The van der Waals surface area contributed by atoms with E-state index in [0.29, 0.717) is 11.4 Å². The Morgan fingerprint density at radius 1 is 1.07 bits per heavy atom. The maximum absolute atomic E-state index is 9.85. The zero-order valence-electron chi connectivity index (χ0n) is 16.6. The van der Waals surface area contributed by atoms with Gasteiger partial charge in [-0.2, -0.15) is 5.26 Å². The fourth-order valence-electron chi connectivity index (χ4n) is 3.86. The zero-order chi connectivity index (χ0) is 20.5. The van der Waals surface area contributed by atoms with Crippen LogP contribution in [0.25, 0.3) is 33.6 Å². The first-order chi connectivity index (χ1) is 14.7. The van der Waals surface area contributed by atoms with Crippen LogP contribution in [0.4, 0.5) is 0 Å². The molecule has 0 atom stereocenters. The summed E-state index contributed by atoms with van der Waals surface area (Å²) in [6.07, 6.45) is 4.04. The molecule has 144 valence electrons. The van der Waals surface area contributed by atoms with Gasteiger partial charge in [-0.25, -0.2) is 4.98 Å². The Morgan fingerprint density at radius 3 is 2.70 bits per heavy atom. The van der Waals surface area contributed by atoms with Crippen molar-refractivity contribution in [1.29, 1.82) is 5.26 Å². The molecular formula is C26H20N4. The number of hydrogen-bond donors (Lipinski definition) is 1. The Labute approximate surface area is 174 Å². The number of rotatable bonds is 4. The van der Waals surface area contributed by atoms with E-state index in [-0.39, 0.29) is 0 Å². The number of fused-ring (bicyclic) bond motifs is 2. The van der Waals surface area contributed by atoms with Crippen LogP contribution in [0.3, 0.4) is 0 Å². The van der Waals surface area contributed by atoms with E-state index in [0.717, 1.165) is 39.6 Å². The number of nitrogens with zero attached hydrogens (tertiary/aromatic N) is 3. The smallest absolute Gasteiger partial charge is 0.149 e. The molecule has 0 saturated carbocycles. The van der Waals surface area contributed by atoms with Gasteiger partial charge in [0.25, 0.3) is 0 Å². The summed E-state index contributed by atoms with van der Waals surface area (Å²) in [4.78, 5) is 7.92. The van der Waals surface area contributed by atoms with Crippen LogP contribution in [0.2, 0.25) is 0 Å². The van der Waals surface area contributed by atoms with Gasteiger partial charge < -0.3 is 9.55 Å². The maximum atomic E-state index is 9.85. The Bertz CT molecular complexity index is 1430. The molecule has 0 aliphatic carbocycles. The molecular weight excluding hydrogens is 368 g/mol. The summed E-state index contributed by atoms with van der Waals surface area (Å²) in [5.74, 6) is 0.595. The van der Waals surface area contributed by atoms with Gasteiger partial charge in [0.05, 0.1) is 16.6 Å². The first kappa shape index (κ1) is 18.0. The second-order valence-corrected chi connectivity index (χ2v) is 7.49. The number of benzene rings is 3. The van der Waals surface area contributed by atoms with Crippen LogP contribution >= 0.6 is 0 Å². The summed E-state index contributed by atoms with van der Waals surface area (Å²) >= 11 is 0. The van der Waals surface area contributed by atoms with Gasteiger partial charge in [-0.15, -0.1) is 0 Å². The van der Waals surface area contributed by atoms with Gasteiger partial charge in [-0.05, 0) is 42.3 Å². The number of para-hydroxylation sites is 1. The highest BCUT2D eigenvalue weighted by atomic mass is 15.0. The quantitative estimate of drug-likeness (QED) is 0.387. The highest BCUT2D eigenvalue weighted by Crippen LogP contribution is 2.27. The van der Waals surface area contributed by atoms with Gasteiger partial charge in [0.1, 0.15) is 11.9 Å². The van der Waals surface area contributed by atoms with Crippen molar-refractivity contribution in [2.75, 3.05) is 0 Å². The predicted octanol–water partition coefficient (Wildman–Crippen LogP) is 5.94. The highest BCUT2D eigenvalue weighted by Gasteiger charge is 2.12. The van der Waals surface area contributed by atoms with Crippen LogP contribution in [-0.4, -0.2) is 14.5 Å². The van der Waals surface area contributed by atoms with Crippen LogP contribution in [0.5, 0.6) is 0 Å². The Balaban J connectivity index is 1.60. The molecule has 0 saturated heterocycles. The molecule has 0 aliphatic rings. The number of aromatic amines is 1. The number of aryl methyl sites for hydroxylation is 1. The van der Waals surface area contributed by atoms with Crippen LogP contribution < -0.4 is 0 Å². The number of aromatic nitrogens is 3. The van der Waals surface area contributed by atoms with E-state index in [2.05, 4.69) is 63.2 Å². The molecule has 1 N–H and O–H groups in total. The lowest BCUT2D eigenvalue weighted by molar-refractivity contribution is 0.836. The molecule has 5 rings (SSSR count). The van der Waals surface area contributed by atoms with Crippen molar-refractivity contribution in [2.24, 2.45) is 0 Å². The first-order valence-electron chi connectivity index (χ1n) is 9.91. The number of allylic oxidation sites excluding steroid dienone is 1. The second-order valence-electron chi connectivity index (χ2n) is 7.49. The van der Waals surface area contributed by atoms with Crippen LogP contribution in [0.15, 0.2) is 79.0 Å². The molecule has 0 amide bonds. The SMILES string of the molecule is Cc1ccc2nc(/C(C#N)=C/c3cn(Cc4ccccc4)c4ccccc34)[nH]c2c1. The van der Waals surface area contributed by atoms with E-state index >= 15 is 0 Å². The molecule has 0 bridgehead atoms. The van der Waals surface area contributed by atoms with Gasteiger partial charge in [-0.1, -0.05) is 54.6 Å². The summed E-state index contributed by atoms with van der Waals surface area (Å²) in [6.45, 7) is 2.82. The van der Waals surface area contributed by atoms with E-state index in [1.807, 2.05) is 49.4 Å². The van der Waals surface area contributed by atoms with Crippen molar-refractivity contribution >= 4 is 33.6 Å². The Kier molecular flexibility index (Phi) is 4.42. The van der Waals surface area contributed by atoms with E-state index in [1.165, 1.54) is 5.56 Å². The fourth-order valence-corrected chi connectivity index (χ4v) is 3.86. The van der Waals surface area contributed by atoms with Gasteiger partial charge in [-0.3, -0.25) is 0 Å². The molecule has 4 heteroatoms. The molecule has 2 aromatic heterocycles. The third kappa shape index (κ3) is 3.27. The highest BCUT2D eigenvalue weighted by molar-refractivity contribution is 5.98. The molecule has 0 aliphatic heterocycles. The monoisotopic (exact) mass is 388 g/mol. The van der Waals surface area contributed by atoms with Crippen molar-refractivity contribution in [3.05, 3.63) is 102 Å². The van der Waals surface area contributed by atoms with Gasteiger partial charge >= 0.3 is 0 Å². The lowest BCUT2D eigenvalue weighted by Gasteiger charge is -2.05. The number of nitrogens with one attached hydrogen (secondary N) is 1. The Hall–Kier alpha value is -4.10. The summed E-state index contributed by atoms with van der Waals surface area (Å²) in [5, 5.41) is 11.0. The topological polar surface area (TPSA) is 57.4 Å². The third-order valence-corrected chi connectivity index (χ3v) is 5.33. The molecule has 3 aromatic carbocycles. The number of H-pyrrole nitrogens is 1.